The molecule has 5 nitrogen and oxygen atoms in total. The lowest BCUT2D eigenvalue weighted by molar-refractivity contribution is 0.271. The molecule has 19 heavy (non-hydrogen) atoms. The summed E-state index contributed by atoms with van der Waals surface area (Å²) in [6.07, 6.45) is 0.882. The van der Waals surface area contributed by atoms with Crippen LogP contribution in [0.3, 0.4) is 0 Å². The van der Waals surface area contributed by atoms with Crippen LogP contribution < -0.4 is 4.74 Å². The lowest BCUT2D eigenvalue weighted by atomic mass is 10.2. The average Bonchev–Trinajstić information content (AvgIpc) is 2.37. The van der Waals surface area contributed by atoms with Crippen molar-refractivity contribution in [3.8, 4) is 5.75 Å². The van der Waals surface area contributed by atoms with Crippen LogP contribution in [0.5, 0.6) is 5.75 Å². The molecule has 0 atom stereocenters. The number of hydrogen-bond acceptors (Lipinski definition) is 4. The number of hydrogen-bond donors (Lipinski definition) is 1. The summed E-state index contributed by atoms with van der Waals surface area (Å²) >= 11 is 0. The SMILES string of the molecule is C=C(OCCCCS(=O)(=O)O)c1cccc(OC)c1. The van der Waals surface area contributed by atoms with Crippen LogP contribution in [0.2, 0.25) is 0 Å². The van der Waals surface area contributed by atoms with Gasteiger partial charge >= 0.3 is 0 Å². The van der Waals surface area contributed by atoms with Crippen molar-refractivity contribution in [2.45, 2.75) is 12.8 Å². The molecule has 0 aliphatic rings. The molecule has 0 saturated heterocycles. The van der Waals surface area contributed by atoms with Crippen molar-refractivity contribution in [2.75, 3.05) is 19.5 Å². The van der Waals surface area contributed by atoms with Crippen LogP contribution >= 0.6 is 0 Å². The van der Waals surface area contributed by atoms with Gasteiger partial charge in [0.2, 0.25) is 0 Å². The first-order valence-corrected chi connectivity index (χ1v) is 7.44. The second kappa shape index (κ2) is 7.16. The minimum atomic E-state index is -3.88. The number of benzene rings is 1. The number of unbranched alkanes of at least 4 members (excludes halogenated alkanes) is 1. The summed E-state index contributed by atoms with van der Waals surface area (Å²) < 4.78 is 40.1. The van der Waals surface area contributed by atoms with Crippen molar-refractivity contribution >= 4 is 15.9 Å². The van der Waals surface area contributed by atoms with E-state index in [0.29, 0.717) is 31.0 Å². The molecule has 0 aliphatic heterocycles. The molecule has 1 N–H and O–H groups in total. The van der Waals surface area contributed by atoms with Crippen molar-refractivity contribution in [1.29, 1.82) is 0 Å². The first-order valence-electron chi connectivity index (χ1n) is 5.83. The molecule has 0 bridgehead atoms. The highest BCUT2D eigenvalue weighted by Gasteiger charge is 2.05. The van der Waals surface area contributed by atoms with Crippen LogP contribution in [0.1, 0.15) is 18.4 Å². The van der Waals surface area contributed by atoms with E-state index in [2.05, 4.69) is 6.58 Å². The molecule has 0 amide bonds. The Morgan fingerprint density at radius 3 is 2.74 bits per heavy atom. The standard InChI is InChI=1S/C13H18O5S/c1-11(12-6-5-7-13(10-12)17-2)18-8-3-4-9-19(14,15)16/h5-7,10H,1,3-4,8-9H2,2H3,(H,14,15,16). The smallest absolute Gasteiger partial charge is 0.264 e. The second-order valence-electron chi connectivity index (χ2n) is 4.00. The van der Waals surface area contributed by atoms with Gasteiger partial charge in [-0.1, -0.05) is 18.7 Å². The molecule has 0 heterocycles. The third-order valence-corrected chi connectivity index (χ3v) is 3.27. The van der Waals surface area contributed by atoms with E-state index in [-0.39, 0.29) is 5.75 Å². The summed E-state index contributed by atoms with van der Waals surface area (Å²) in [6, 6.07) is 7.31. The molecule has 6 heteroatoms. The highest BCUT2D eigenvalue weighted by Crippen LogP contribution is 2.19. The van der Waals surface area contributed by atoms with Gasteiger partial charge in [0.25, 0.3) is 10.1 Å². The molecule has 0 fully saturated rings. The number of rotatable bonds is 8. The summed E-state index contributed by atoms with van der Waals surface area (Å²) in [5.74, 6) is 0.974. The first kappa shape index (κ1) is 15.5. The molecule has 0 spiro atoms. The fourth-order valence-electron chi connectivity index (χ4n) is 1.46. The van der Waals surface area contributed by atoms with Gasteiger partial charge in [-0.15, -0.1) is 0 Å². The Hall–Kier alpha value is -1.53. The van der Waals surface area contributed by atoms with Crippen molar-refractivity contribution in [3.05, 3.63) is 36.4 Å². The highest BCUT2D eigenvalue weighted by molar-refractivity contribution is 7.85. The predicted octanol–water partition coefficient (Wildman–Crippen LogP) is 2.35. The molecule has 106 valence electrons. The van der Waals surface area contributed by atoms with Crippen molar-refractivity contribution in [1.82, 2.24) is 0 Å². The third kappa shape index (κ3) is 6.26. The van der Waals surface area contributed by atoms with Gasteiger partial charge in [-0.05, 0) is 25.0 Å². The van der Waals surface area contributed by atoms with Gasteiger partial charge in [0, 0.05) is 5.56 Å². The molecule has 0 aliphatic carbocycles. The maximum atomic E-state index is 10.5. The molecule has 1 aromatic rings. The molecular formula is C13H18O5S. The Morgan fingerprint density at radius 2 is 2.11 bits per heavy atom. The Kier molecular flexibility index (Phi) is 5.85. The van der Waals surface area contributed by atoms with Crippen LogP contribution in [0.4, 0.5) is 0 Å². The van der Waals surface area contributed by atoms with Crippen molar-refractivity contribution in [3.63, 3.8) is 0 Å². The minimum absolute atomic E-state index is 0.248. The van der Waals surface area contributed by atoms with E-state index in [9.17, 15) is 8.42 Å². The molecule has 0 radical (unpaired) electrons. The fourth-order valence-corrected chi connectivity index (χ4v) is 2.03. The van der Waals surface area contributed by atoms with Gasteiger partial charge < -0.3 is 9.47 Å². The van der Waals surface area contributed by atoms with Crippen LogP contribution in [-0.4, -0.2) is 32.4 Å². The molecule has 1 rings (SSSR count). The van der Waals surface area contributed by atoms with Crippen LogP contribution in [-0.2, 0) is 14.9 Å². The largest absolute Gasteiger partial charge is 0.497 e. The molecule has 0 unspecified atom stereocenters. The Bertz CT molecular complexity index is 522. The predicted molar refractivity (Wildman–Crippen MR) is 73.6 cm³/mol. The minimum Gasteiger partial charge on any atom is -0.497 e. The van der Waals surface area contributed by atoms with Gasteiger partial charge in [0.1, 0.15) is 11.5 Å². The summed E-state index contributed by atoms with van der Waals surface area (Å²) in [6.45, 7) is 4.15. The Balaban J connectivity index is 2.35. The molecule has 1 aromatic carbocycles. The van der Waals surface area contributed by atoms with Crippen molar-refractivity contribution < 1.29 is 22.4 Å². The van der Waals surface area contributed by atoms with Gasteiger partial charge in [-0.2, -0.15) is 8.42 Å². The summed E-state index contributed by atoms with van der Waals surface area (Å²) in [4.78, 5) is 0. The number of ether oxygens (including phenoxy) is 2. The van der Waals surface area contributed by atoms with Gasteiger partial charge in [0.05, 0.1) is 19.5 Å². The van der Waals surface area contributed by atoms with Gasteiger partial charge in [-0.25, -0.2) is 0 Å². The zero-order chi connectivity index (χ0) is 14.3. The van der Waals surface area contributed by atoms with Crippen molar-refractivity contribution in [2.24, 2.45) is 0 Å². The average molecular weight is 286 g/mol. The maximum Gasteiger partial charge on any atom is 0.264 e. The van der Waals surface area contributed by atoms with E-state index in [1.807, 2.05) is 18.2 Å². The summed E-state index contributed by atoms with van der Waals surface area (Å²) in [7, 11) is -2.30. The normalized spacial score (nSPS) is 11.1. The van der Waals surface area contributed by atoms with E-state index in [1.54, 1.807) is 13.2 Å². The molecular weight excluding hydrogens is 268 g/mol. The quantitative estimate of drug-likeness (QED) is 0.451. The lowest BCUT2D eigenvalue weighted by Crippen LogP contribution is -2.05. The summed E-state index contributed by atoms with van der Waals surface area (Å²) in [5.41, 5.74) is 0.814. The van der Waals surface area contributed by atoms with E-state index >= 15 is 0 Å². The van der Waals surface area contributed by atoms with Crippen LogP contribution in [0, 0.1) is 0 Å². The van der Waals surface area contributed by atoms with E-state index in [0.717, 1.165) is 5.56 Å². The maximum absolute atomic E-state index is 10.5. The molecule has 0 aromatic heterocycles. The number of methoxy groups -OCH3 is 1. The van der Waals surface area contributed by atoms with Gasteiger partial charge in [-0.3, -0.25) is 4.55 Å². The lowest BCUT2D eigenvalue weighted by Gasteiger charge is -2.10. The summed E-state index contributed by atoms with van der Waals surface area (Å²) in [5, 5.41) is 0. The third-order valence-electron chi connectivity index (χ3n) is 2.46. The highest BCUT2D eigenvalue weighted by atomic mass is 32.2. The zero-order valence-corrected chi connectivity index (χ0v) is 11.6. The monoisotopic (exact) mass is 286 g/mol. The fraction of sp³-hybridized carbons (Fsp3) is 0.385. The van der Waals surface area contributed by atoms with E-state index in [4.69, 9.17) is 14.0 Å². The first-order chi connectivity index (χ1) is 8.92. The zero-order valence-electron chi connectivity index (χ0n) is 10.8. The topological polar surface area (TPSA) is 72.8 Å². The molecule has 0 saturated carbocycles. The van der Waals surface area contributed by atoms with Crippen LogP contribution in [0.15, 0.2) is 30.8 Å². The van der Waals surface area contributed by atoms with E-state index in [1.165, 1.54) is 0 Å². The van der Waals surface area contributed by atoms with E-state index < -0.39 is 10.1 Å². The van der Waals surface area contributed by atoms with Gasteiger partial charge in [0.15, 0.2) is 0 Å². The second-order valence-corrected chi connectivity index (χ2v) is 5.57. The van der Waals surface area contributed by atoms with Crippen LogP contribution in [0.25, 0.3) is 5.76 Å². The Labute approximate surface area is 113 Å². The Morgan fingerprint density at radius 1 is 1.37 bits per heavy atom.